The van der Waals surface area contributed by atoms with Gasteiger partial charge in [-0.2, -0.15) is 0 Å². The van der Waals surface area contributed by atoms with Crippen LogP contribution in [-0.4, -0.2) is 12.6 Å². The molecule has 1 fully saturated rings. The Morgan fingerprint density at radius 3 is 2.44 bits per heavy atom. The molecule has 0 aromatic heterocycles. The fourth-order valence-electron chi connectivity index (χ4n) is 2.76. The molecule has 2 unspecified atom stereocenters. The number of hydrogen-bond acceptors (Lipinski definition) is 2. The number of rotatable bonds is 3. The molecule has 0 spiro atoms. The van der Waals surface area contributed by atoms with E-state index < -0.39 is 0 Å². The molecule has 2 atom stereocenters. The Hall–Kier alpha value is -0.530. The van der Waals surface area contributed by atoms with E-state index in [4.69, 9.17) is 4.74 Å². The fraction of sp³-hybridized carbons (Fsp3) is 0.929. The third-order valence-electron chi connectivity index (χ3n) is 3.63. The molecule has 94 valence electrons. The zero-order chi connectivity index (χ0) is 12.2. The van der Waals surface area contributed by atoms with E-state index in [2.05, 4.69) is 20.8 Å². The van der Waals surface area contributed by atoms with E-state index >= 15 is 0 Å². The summed E-state index contributed by atoms with van der Waals surface area (Å²) >= 11 is 0. The molecule has 1 aliphatic rings. The maximum absolute atomic E-state index is 12.0. The zero-order valence-electron chi connectivity index (χ0n) is 11.2. The van der Waals surface area contributed by atoms with Crippen molar-refractivity contribution < 1.29 is 9.53 Å². The van der Waals surface area contributed by atoms with Crippen LogP contribution >= 0.6 is 0 Å². The van der Waals surface area contributed by atoms with Crippen LogP contribution in [0.5, 0.6) is 0 Å². The first-order valence-electron chi connectivity index (χ1n) is 6.63. The summed E-state index contributed by atoms with van der Waals surface area (Å²) in [5.74, 6) is 0.674. The lowest BCUT2D eigenvalue weighted by Gasteiger charge is -2.39. The second-order valence-corrected chi connectivity index (χ2v) is 6.03. The van der Waals surface area contributed by atoms with Crippen molar-refractivity contribution in [3.63, 3.8) is 0 Å². The molecule has 0 heterocycles. The first-order chi connectivity index (χ1) is 7.46. The van der Waals surface area contributed by atoms with E-state index in [1.807, 2.05) is 6.92 Å². The Labute approximate surface area is 99.8 Å². The topological polar surface area (TPSA) is 26.3 Å². The summed E-state index contributed by atoms with van der Waals surface area (Å²) in [6.07, 6.45) is 5.55. The van der Waals surface area contributed by atoms with Crippen LogP contribution in [0.2, 0.25) is 0 Å². The summed E-state index contributed by atoms with van der Waals surface area (Å²) in [6.45, 7) is 9.33. The van der Waals surface area contributed by atoms with Crippen LogP contribution in [0.15, 0.2) is 0 Å². The highest BCUT2D eigenvalue weighted by Gasteiger charge is 2.38. The molecule has 0 saturated heterocycles. The van der Waals surface area contributed by atoms with E-state index in [-0.39, 0.29) is 17.3 Å². The van der Waals surface area contributed by atoms with Crippen LogP contribution in [0, 0.1) is 17.3 Å². The average molecular weight is 226 g/mol. The van der Waals surface area contributed by atoms with Gasteiger partial charge in [0.05, 0.1) is 12.5 Å². The second kappa shape index (κ2) is 5.70. The van der Waals surface area contributed by atoms with E-state index in [0.717, 1.165) is 12.8 Å². The molecule has 1 aliphatic carbocycles. The first kappa shape index (κ1) is 13.5. The van der Waals surface area contributed by atoms with Crippen molar-refractivity contribution in [2.75, 3.05) is 6.61 Å². The van der Waals surface area contributed by atoms with Gasteiger partial charge in [-0.25, -0.2) is 0 Å². The van der Waals surface area contributed by atoms with Crippen molar-refractivity contribution in [1.29, 1.82) is 0 Å². The van der Waals surface area contributed by atoms with E-state index in [1.54, 1.807) is 0 Å². The minimum absolute atomic E-state index is 0.0430. The normalized spacial score (nSPS) is 26.5. The van der Waals surface area contributed by atoms with Gasteiger partial charge in [0.25, 0.3) is 0 Å². The summed E-state index contributed by atoms with van der Waals surface area (Å²) in [5, 5.41) is 0. The predicted molar refractivity (Wildman–Crippen MR) is 66.2 cm³/mol. The monoisotopic (exact) mass is 226 g/mol. The molecule has 1 rings (SSSR count). The quantitative estimate of drug-likeness (QED) is 0.684. The smallest absolute Gasteiger partial charge is 0.309 e. The van der Waals surface area contributed by atoms with Crippen molar-refractivity contribution in [1.82, 2.24) is 0 Å². The van der Waals surface area contributed by atoms with Crippen molar-refractivity contribution in [3.05, 3.63) is 0 Å². The summed E-state index contributed by atoms with van der Waals surface area (Å²) in [4.78, 5) is 12.0. The highest BCUT2D eigenvalue weighted by molar-refractivity contribution is 5.73. The van der Waals surface area contributed by atoms with Gasteiger partial charge in [-0.3, -0.25) is 4.79 Å². The van der Waals surface area contributed by atoms with Gasteiger partial charge in [0.15, 0.2) is 0 Å². The van der Waals surface area contributed by atoms with Crippen LogP contribution in [0.3, 0.4) is 0 Å². The van der Waals surface area contributed by atoms with Gasteiger partial charge in [0, 0.05) is 0 Å². The number of carbonyl (C=O) groups excluding carboxylic acids is 1. The number of ether oxygens (including phenoxy) is 1. The van der Waals surface area contributed by atoms with Crippen molar-refractivity contribution >= 4 is 5.97 Å². The van der Waals surface area contributed by atoms with Crippen LogP contribution in [-0.2, 0) is 9.53 Å². The predicted octanol–water partition coefficient (Wildman–Crippen LogP) is 3.79. The Morgan fingerprint density at radius 2 is 1.88 bits per heavy atom. The zero-order valence-corrected chi connectivity index (χ0v) is 11.2. The Balaban J connectivity index is 2.63. The third kappa shape index (κ3) is 3.50. The van der Waals surface area contributed by atoms with Crippen LogP contribution in [0.4, 0.5) is 0 Å². The standard InChI is InChI=1S/C14H26O2/c1-5-10-16-13(15)11-8-6-7-9-12(11)14(2,3)4/h11-12H,5-10H2,1-4H3. The van der Waals surface area contributed by atoms with Crippen molar-refractivity contribution in [2.45, 2.75) is 59.8 Å². The molecule has 2 nitrogen and oxygen atoms in total. The fourth-order valence-corrected chi connectivity index (χ4v) is 2.76. The SMILES string of the molecule is CCCOC(=O)C1CCCCC1C(C)(C)C. The highest BCUT2D eigenvalue weighted by Crippen LogP contribution is 2.42. The van der Waals surface area contributed by atoms with Crippen LogP contribution in [0.1, 0.15) is 59.8 Å². The largest absolute Gasteiger partial charge is 0.465 e. The number of carbonyl (C=O) groups is 1. The van der Waals surface area contributed by atoms with Crippen molar-refractivity contribution in [2.24, 2.45) is 17.3 Å². The molecule has 0 aromatic carbocycles. The van der Waals surface area contributed by atoms with Gasteiger partial charge in [-0.15, -0.1) is 0 Å². The molecule has 2 heteroatoms. The maximum atomic E-state index is 12.0. The third-order valence-corrected chi connectivity index (χ3v) is 3.63. The van der Waals surface area contributed by atoms with Gasteiger partial charge in [-0.1, -0.05) is 40.5 Å². The minimum Gasteiger partial charge on any atom is -0.465 e. The van der Waals surface area contributed by atoms with Gasteiger partial charge in [0.2, 0.25) is 0 Å². The lowest BCUT2D eigenvalue weighted by Crippen LogP contribution is -2.36. The number of hydrogen-bond donors (Lipinski definition) is 0. The van der Waals surface area contributed by atoms with Crippen molar-refractivity contribution in [3.8, 4) is 0 Å². The summed E-state index contributed by atoms with van der Waals surface area (Å²) in [7, 11) is 0. The molecule has 16 heavy (non-hydrogen) atoms. The van der Waals surface area contributed by atoms with E-state index in [0.29, 0.717) is 12.5 Å². The molecule has 1 saturated carbocycles. The molecule has 0 aliphatic heterocycles. The Kier molecular flexibility index (Phi) is 4.82. The second-order valence-electron chi connectivity index (χ2n) is 6.03. The maximum Gasteiger partial charge on any atom is 0.309 e. The lowest BCUT2D eigenvalue weighted by molar-refractivity contribution is -0.154. The van der Waals surface area contributed by atoms with E-state index in [9.17, 15) is 4.79 Å². The van der Waals surface area contributed by atoms with Gasteiger partial charge < -0.3 is 4.74 Å². The van der Waals surface area contributed by atoms with Gasteiger partial charge in [-0.05, 0) is 30.6 Å². The molecule has 0 aromatic rings. The molecular formula is C14H26O2. The number of esters is 1. The Bertz CT molecular complexity index is 227. The van der Waals surface area contributed by atoms with Crippen LogP contribution < -0.4 is 0 Å². The summed E-state index contributed by atoms with van der Waals surface area (Å²) in [6, 6.07) is 0. The summed E-state index contributed by atoms with van der Waals surface area (Å²) in [5.41, 5.74) is 0.219. The first-order valence-corrected chi connectivity index (χ1v) is 6.63. The lowest BCUT2D eigenvalue weighted by atomic mass is 9.66. The molecule has 0 bridgehead atoms. The highest BCUT2D eigenvalue weighted by atomic mass is 16.5. The summed E-state index contributed by atoms with van der Waals surface area (Å²) < 4.78 is 5.32. The molecule has 0 amide bonds. The molecule has 0 radical (unpaired) electrons. The minimum atomic E-state index is 0.0430. The van der Waals surface area contributed by atoms with Gasteiger partial charge in [0.1, 0.15) is 0 Å². The molecular weight excluding hydrogens is 200 g/mol. The average Bonchev–Trinajstić information content (AvgIpc) is 2.24. The van der Waals surface area contributed by atoms with Gasteiger partial charge >= 0.3 is 5.97 Å². The van der Waals surface area contributed by atoms with E-state index in [1.165, 1.54) is 19.3 Å². The Morgan fingerprint density at radius 1 is 1.25 bits per heavy atom. The van der Waals surface area contributed by atoms with Crippen LogP contribution in [0.25, 0.3) is 0 Å². The molecule has 0 N–H and O–H groups in total.